The highest BCUT2D eigenvalue weighted by Gasteiger charge is 2.25. The summed E-state index contributed by atoms with van der Waals surface area (Å²) in [6.45, 7) is 3.08. The number of benzene rings is 1. The van der Waals surface area contributed by atoms with Crippen LogP contribution in [0.4, 0.5) is 0 Å². The fourth-order valence-electron chi connectivity index (χ4n) is 2.78. The van der Waals surface area contributed by atoms with Gasteiger partial charge in [-0.25, -0.2) is 0 Å². The molecule has 0 aliphatic carbocycles. The second kappa shape index (κ2) is 5.54. The minimum absolute atomic E-state index is 0.240. The smallest absolute Gasteiger partial charge is 0.297 e. The summed E-state index contributed by atoms with van der Waals surface area (Å²) in [6.07, 6.45) is 6.37. The Bertz CT molecular complexity index is 654. The number of ether oxygens (including phenoxy) is 1. The highest BCUT2D eigenvalue weighted by molar-refractivity contribution is 5.78. The third kappa shape index (κ3) is 2.36. The van der Waals surface area contributed by atoms with E-state index in [4.69, 9.17) is 10.00 Å². The maximum atomic E-state index is 8.99. The summed E-state index contributed by atoms with van der Waals surface area (Å²) < 4.78 is 8.01. The van der Waals surface area contributed by atoms with Gasteiger partial charge in [0.05, 0.1) is 29.2 Å². The summed E-state index contributed by atoms with van der Waals surface area (Å²) in [7, 11) is 0. The summed E-state index contributed by atoms with van der Waals surface area (Å²) in [4.78, 5) is 4.49. The maximum absolute atomic E-state index is 8.99. The van der Waals surface area contributed by atoms with Crippen LogP contribution in [0.5, 0.6) is 6.01 Å². The lowest BCUT2D eigenvalue weighted by molar-refractivity contribution is 0.209. The molecule has 1 unspecified atom stereocenters. The van der Waals surface area contributed by atoms with Crippen LogP contribution in [0, 0.1) is 11.3 Å². The topological polar surface area (TPSA) is 50.8 Å². The lowest BCUT2D eigenvalue weighted by Crippen LogP contribution is -2.14. The molecule has 4 heteroatoms. The van der Waals surface area contributed by atoms with E-state index in [2.05, 4.69) is 22.5 Å². The number of hydrogen-bond donors (Lipinski definition) is 0. The van der Waals surface area contributed by atoms with Crippen molar-refractivity contribution in [2.24, 2.45) is 0 Å². The third-order valence-corrected chi connectivity index (χ3v) is 3.88. The highest BCUT2D eigenvalue weighted by atomic mass is 16.5. The molecular formula is C16H19N3O. The van der Waals surface area contributed by atoms with Crippen molar-refractivity contribution in [2.45, 2.75) is 51.7 Å². The first-order chi connectivity index (χ1) is 9.81. The van der Waals surface area contributed by atoms with E-state index >= 15 is 0 Å². The number of unbranched alkanes of at least 4 members (excludes halogenated alkanes) is 3. The molecule has 0 N–H and O–H groups in total. The molecule has 0 radical (unpaired) electrons. The molecule has 20 heavy (non-hydrogen) atoms. The molecule has 104 valence electrons. The van der Waals surface area contributed by atoms with Crippen molar-refractivity contribution < 1.29 is 4.74 Å². The van der Waals surface area contributed by atoms with Crippen molar-refractivity contribution >= 4 is 11.0 Å². The number of imidazole rings is 1. The Morgan fingerprint density at radius 2 is 2.30 bits per heavy atom. The van der Waals surface area contributed by atoms with Crippen LogP contribution in [0.25, 0.3) is 11.0 Å². The first kappa shape index (κ1) is 13.0. The minimum Gasteiger partial charge on any atom is -0.459 e. The Morgan fingerprint density at radius 3 is 3.10 bits per heavy atom. The molecule has 1 aliphatic heterocycles. The summed E-state index contributed by atoms with van der Waals surface area (Å²) in [5.74, 6) is 0. The van der Waals surface area contributed by atoms with E-state index in [9.17, 15) is 0 Å². The first-order valence-corrected chi connectivity index (χ1v) is 7.39. The molecule has 2 heterocycles. The maximum Gasteiger partial charge on any atom is 0.297 e. The van der Waals surface area contributed by atoms with E-state index in [0.717, 1.165) is 24.0 Å². The summed E-state index contributed by atoms with van der Waals surface area (Å²) >= 11 is 0. The molecule has 1 atom stereocenters. The quantitative estimate of drug-likeness (QED) is 0.779. The standard InChI is InChI=1S/C16H19N3O/c1-2-3-4-5-6-13-11-19-15-9-12(10-17)7-8-14(15)18-16(19)20-13/h7-9,13H,2-6,11H2,1H3. The normalized spacial score (nSPS) is 16.9. The number of nitrogens with zero attached hydrogens (tertiary/aromatic N) is 3. The Balaban J connectivity index is 1.72. The average Bonchev–Trinajstić information content (AvgIpc) is 3.00. The van der Waals surface area contributed by atoms with Gasteiger partial charge in [-0.1, -0.05) is 26.2 Å². The SMILES string of the molecule is CCCCCCC1Cn2c(nc3ccc(C#N)cc32)O1. The number of hydrogen-bond acceptors (Lipinski definition) is 3. The molecular weight excluding hydrogens is 250 g/mol. The van der Waals surface area contributed by atoms with Crippen LogP contribution in [0.3, 0.4) is 0 Å². The first-order valence-electron chi connectivity index (χ1n) is 7.39. The van der Waals surface area contributed by atoms with Crippen LogP contribution in [0.1, 0.15) is 44.6 Å². The van der Waals surface area contributed by atoms with Crippen molar-refractivity contribution in [1.29, 1.82) is 5.26 Å². The van der Waals surface area contributed by atoms with Gasteiger partial charge in [0.15, 0.2) is 0 Å². The van der Waals surface area contributed by atoms with Crippen molar-refractivity contribution in [3.05, 3.63) is 23.8 Å². The molecule has 4 nitrogen and oxygen atoms in total. The molecule has 0 bridgehead atoms. The Labute approximate surface area is 119 Å². The Hall–Kier alpha value is -2.02. The molecule has 0 spiro atoms. The van der Waals surface area contributed by atoms with Crippen LogP contribution in [0.15, 0.2) is 18.2 Å². The van der Waals surface area contributed by atoms with Crippen LogP contribution in [0.2, 0.25) is 0 Å². The number of fused-ring (bicyclic) bond motifs is 3. The molecule has 3 rings (SSSR count). The van der Waals surface area contributed by atoms with Crippen molar-refractivity contribution in [3.63, 3.8) is 0 Å². The second-order valence-corrected chi connectivity index (χ2v) is 5.41. The van der Waals surface area contributed by atoms with Crippen molar-refractivity contribution in [2.75, 3.05) is 0 Å². The van der Waals surface area contributed by atoms with Gasteiger partial charge >= 0.3 is 0 Å². The van der Waals surface area contributed by atoms with Gasteiger partial charge in [0.1, 0.15) is 6.10 Å². The predicted octanol–water partition coefficient (Wildman–Crippen LogP) is 3.64. The van der Waals surface area contributed by atoms with Gasteiger partial charge in [-0.2, -0.15) is 10.2 Å². The zero-order chi connectivity index (χ0) is 13.9. The molecule has 0 saturated carbocycles. The monoisotopic (exact) mass is 269 g/mol. The number of rotatable bonds is 5. The predicted molar refractivity (Wildman–Crippen MR) is 77.6 cm³/mol. The van der Waals surface area contributed by atoms with Gasteiger partial charge in [-0.15, -0.1) is 0 Å². The van der Waals surface area contributed by atoms with Gasteiger partial charge in [0.2, 0.25) is 0 Å². The highest BCUT2D eigenvalue weighted by Crippen LogP contribution is 2.30. The van der Waals surface area contributed by atoms with E-state index in [1.54, 1.807) is 6.07 Å². The van der Waals surface area contributed by atoms with Crippen LogP contribution in [-0.2, 0) is 6.54 Å². The summed E-state index contributed by atoms with van der Waals surface area (Å²) in [5.41, 5.74) is 2.59. The van der Waals surface area contributed by atoms with E-state index in [0.29, 0.717) is 11.6 Å². The molecule has 2 aromatic rings. The zero-order valence-electron chi connectivity index (χ0n) is 11.8. The van der Waals surface area contributed by atoms with Gasteiger partial charge < -0.3 is 4.74 Å². The molecule has 0 fully saturated rings. The Kier molecular flexibility index (Phi) is 3.60. The third-order valence-electron chi connectivity index (χ3n) is 3.88. The molecule has 0 amide bonds. The van der Waals surface area contributed by atoms with Crippen molar-refractivity contribution in [3.8, 4) is 12.1 Å². The largest absolute Gasteiger partial charge is 0.459 e. The van der Waals surface area contributed by atoms with Gasteiger partial charge in [0.25, 0.3) is 6.01 Å². The van der Waals surface area contributed by atoms with E-state index in [-0.39, 0.29) is 6.10 Å². The number of nitriles is 1. The Morgan fingerprint density at radius 1 is 1.40 bits per heavy atom. The molecule has 1 aromatic heterocycles. The van der Waals surface area contributed by atoms with Crippen molar-refractivity contribution in [1.82, 2.24) is 9.55 Å². The van der Waals surface area contributed by atoms with Gasteiger partial charge in [-0.05, 0) is 31.0 Å². The van der Waals surface area contributed by atoms with E-state index < -0.39 is 0 Å². The van der Waals surface area contributed by atoms with Crippen LogP contribution < -0.4 is 4.74 Å². The second-order valence-electron chi connectivity index (χ2n) is 5.41. The number of aromatic nitrogens is 2. The minimum atomic E-state index is 0.240. The average molecular weight is 269 g/mol. The molecule has 0 saturated heterocycles. The lowest BCUT2D eigenvalue weighted by atomic mass is 10.1. The van der Waals surface area contributed by atoms with E-state index in [1.807, 2.05) is 12.1 Å². The van der Waals surface area contributed by atoms with Gasteiger partial charge in [0, 0.05) is 0 Å². The van der Waals surface area contributed by atoms with Crippen LogP contribution >= 0.6 is 0 Å². The fourth-order valence-corrected chi connectivity index (χ4v) is 2.78. The van der Waals surface area contributed by atoms with Crippen LogP contribution in [-0.4, -0.2) is 15.7 Å². The fraction of sp³-hybridized carbons (Fsp3) is 0.500. The van der Waals surface area contributed by atoms with Gasteiger partial charge in [-0.3, -0.25) is 4.57 Å². The molecule has 1 aromatic carbocycles. The lowest BCUT2D eigenvalue weighted by Gasteiger charge is -2.08. The summed E-state index contributed by atoms with van der Waals surface area (Å²) in [6, 6.07) is 8.47. The molecule has 1 aliphatic rings. The zero-order valence-corrected chi connectivity index (χ0v) is 11.8. The summed E-state index contributed by atoms with van der Waals surface area (Å²) in [5, 5.41) is 8.99. The van der Waals surface area contributed by atoms with E-state index in [1.165, 1.54) is 25.7 Å².